The first kappa shape index (κ1) is 12.4. The number of hydrogen-bond donors (Lipinski definition) is 1. The number of nitrogens with one attached hydrogen (secondary N) is 1. The largest absolute Gasteiger partial charge is 0.347 e. The molecule has 1 aromatic carbocycles. The molecular weight excluding hydrogens is 256 g/mol. The molecule has 0 atom stereocenters. The number of carbonyl (C=O) groups excluding carboxylic acids is 1. The Balaban J connectivity index is 1.66. The van der Waals surface area contributed by atoms with E-state index in [0.29, 0.717) is 12.5 Å². The lowest BCUT2D eigenvalue weighted by molar-refractivity contribution is 0.0954. The number of aromatic nitrogens is 1. The van der Waals surface area contributed by atoms with Crippen molar-refractivity contribution in [2.45, 2.75) is 32.2 Å². The van der Waals surface area contributed by atoms with Gasteiger partial charge in [-0.3, -0.25) is 4.79 Å². The number of nitrogens with zero attached hydrogens (tertiary/aromatic N) is 1. The molecule has 1 aromatic heterocycles. The predicted octanol–water partition coefficient (Wildman–Crippen LogP) is 3.26. The highest BCUT2D eigenvalue weighted by molar-refractivity contribution is 7.13. The Morgan fingerprint density at radius 3 is 2.79 bits per heavy atom. The van der Waals surface area contributed by atoms with E-state index in [1.807, 2.05) is 37.3 Å². The number of amides is 1. The van der Waals surface area contributed by atoms with Gasteiger partial charge in [-0.25, -0.2) is 4.98 Å². The molecule has 1 aliphatic carbocycles. The van der Waals surface area contributed by atoms with Crippen LogP contribution in [0.2, 0.25) is 0 Å². The Hall–Kier alpha value is -1.68. The molecule has 2 aromatic rings. The van der Waals surface area contributed by atoms with E-state index in [1.165, 1.54) is 12.8 Å². The van der Waals surface area contributed by atoms with Crippen molar-refractivity contribution < 1.29 is 4.79 Å². The molecule has 19 heavy (non-hydrogen) atoms. The zero-order valence-electron chi connectivity index (χ0n) is 10.8. The van der Waals surface area contributed by atoms with Crippen LogP contribution in [0.4, 0.5) is 0 Å². The van der Waals surface area contributed by atoms with Crippen LogP contribution >= 0.6 is 11.3 Å². The summed E-state index contributed by atoms with van der Waals surface area (Å²) in [4.78, 5) is 17.4. The van der Waals surface area contributed by atoms with Crippen LogP contribution in [0.5, 0.6) is 0 Å². The van der Waals surface area contributed by atoms with Crippen molar-refractivity contribution in [1.29, 1.82) is 0 Å². The Bertz CT molecular complexity index is 587. The van der Waals surface area contributed by atoms with Crippen molar-refractivity contribution >= 4 is 17.2 Å². The minimum absolute atomic E-state index is 0.00856. The molecule has 0 unspecified atom stereocenters. The van der Waals surface area contributed by atoms with Crippen molar-refractivity contribution in [3.05, 3.63) is 51.5 Å². The molecule has 4 heteroatoms. The Morgan fingerprint density at radius 2 is 2.11 bits per heavy atom. The van der Waals surface area contributed by atoms with Gasteiger partial charge >= 0.3 is 0 Å². The quantitative estimate of drug-likeness (QED) is 0.928. The Kier molecular flexibility index (Phi) is 3.34. The Morgan fingerprint density at radius 1 is 1.37 bits per heavy atom. The molecule has 0 saturated heterocycles. The fourth-order valence-corrected chi connectivity index (χ4v) is 3.14. The molecule has 3 rings (SSSR count). The summed E-state index contributed by atoms with van der Waals surface area (Å²) in [5, 5.41) is 4.09. The van der Waals surface area contributed by atoms with Gasteiger partial charge in [0.25, 0.3) is 5.91 Å². The minimum atomic E-state index is -0.00856. The summed E-state index contributed by atoms with van der Waals surface area (Å²) < 4.78 is 0. The summed E-state index contributed by atoms with van der Waals surface area (Å²) in [6.07, 6.45) is 2.44. The average Bonchev–Trinajstić information content (AvgIpc) is 3.21. The van der Waals surface area contributed by atoms with Crippen molar-refractivity contribution in [1.82, 2.24) is 10.3 Å². The van der Waals surface area contributed by atoms with E-state index in [0.717, 1.165) is 21.1 Å². The minimum Gasteiger partial charge on any atom is -0.347 e. The average molecular weight is 272 g/mol. The van der Waals surface area contributed by atoms with Gasteiger partial charge in [0.15, 0.2) is 0 Å². The van der Waals surface area contributed by atoms with Crippen molar-refractivity contribution in [2.75, 3.05) is 0 Å². The molecule has 0 radical (unpaired) electrons. The predicted molar refractivity (Wildman–Crippen MR) is 76.4 cm³/mol. The molecule has 1 amide bonds. The van der Waals surface area contributed by atoms with Crippen LogP contribution < -0.4 is 5.32 Å². The van der Waals surface area contributed by atoms with Crippen molar-refractivity contribution in [2.24, 2.45) is 0 Å². The fraction of sp³-hybridized carbons (Fsp3) is 0.333. The van der Waals surface area contributed by atoms with Gasteiger partial charge in [-0.15, -0.1) is 11.3 Å². The molecule has 0 aliphatic heterocycles. The SMILES string of the molecule is Cc1nc(C2CC2)sc1C(=O)NCc1ccccc1. The number of aryl methyl sites for hydroxylation is 1. The maximum atomic E-state index is 12.2. The van der Waals surface area contributed by atoms with Gasteiger partial charge in [-0.2, -0.15) is 0 Å². The first-order chi connectivity index (χ1) is 9.24. The molecule has 1 heterocycles. The maximum Gasteiger partial charge on any atom is 0.263 e. The third-order valence-corrected chi connectivity index (χ3v) is 4.56. The van der Waals surface area contributed by atoms with Crippen LogP contribution in [0.25, 0.3) is 0 Å². The number of benzene rings is 1. The summed E-state index contributed by atoms with van der Waals surface area (Å²) in [6.45, 7) is 2.48. The van der Waals surface area contributed by atoms with Gasteiger partial charge in [0, 0.05) is 12.5 Å². The van der Waals surface area contributed by atoms with Crippen LogP contribution in [0.15, 0.2) is 30.3 Å². The van der Waals surface area contributed by atoms with Crippen molar-refractivity contribution in [3.63, 3.8) is 0 Å². The summed E-state index contributed by atoms with van der Waals surface area (Å²) in [5.41, 5.74) is 1.97. The number of rotatable bonds is 4. The lowest BCUT2D eigenvalue weighted by Crippen LogP contribution is -2.22. The van der Waals surface area contributed by atoms with Crippen LogP contribution in [0, 0.1) is 6.92 Å². The second kappa shape index (κ2) is 5.13. The number of thiazole rings is 1. The highest BCUT2D eigenvalue weighted by Gasteiger charge is 2.28. The molecule has 3 nitrogen and oxygen atoms in total. The third-order valence-electron chi connectivity index (χ3n) is 3.24. The lowest BCUT2D eigenvalue weighted by Gasteiger charge is -2.03. The van der Waals surface area contributed by atoms with Crippen LogP contribution in [-0.2, 0) is 6.54 Å². The van der Waals surface area contributed by atoms with E-state index in [-0.39, 0.29) is 5.91 Å². The zero-order chi connectivity index (χ0) is 13.2. The van der Waals surface area contributed by atoms with Gasteiger partial charge in [0.2, 0.25) is 0 Å². The summed E-state index contributed by atoms with van der Waals surface area (Å²) in [5.74, 6) is 0.602. The highest BCUT2D eigenvalue weighted by Crippen LogP contribution is 2.42. The van der Waals surface area contributed by atoms with Gasteiger partial charge in [-0.1, -0.05) is 30.3 Å². The van der Waals surface area contributed by atoms with E-state index >= 15 is 0 Å². The lowest BCUT2D eigenvalue weighted by atomic mass is 10.2. The molecule has 1 N–H and O–H groups in total. The smallest absolute Gasteiger partial charge is 0.263 e. The van der Waals surface area contributed by atoms with E-state index in [9.17, 15) is 4.79 Å². The van der Waals surface area contributed by atoms with E-state index in [1.54, 1.807) is 11.3 Å². The molecule has 1 fully saturated rings. The van der Waals surface area contributed by atoms with E-state index in [2.05, 4.69) is 10.3 Å². The van der Waals surface area contributed by atoms with Crippen LogP contribution in [0.3, 0.4) is 0 Å². The van der Waals surface area contributed by atoms with Gasteiger partial charge < -0.3 is 5.32 Å². The van der Waals surface area contributed by atoms with E-state index in [4.69, 9.17) is 0 Å². The van der Waals surface area contributed by atoms with Crippen LogP contribution in [-0.4, -0.2) is 10.9 Å². The molecule has 1 aliphatic rings. The number of hydrogen-bond acceptors (Lipinski definition) is 3. The molecule has 0 bridgehead atoms. The van der Waals surface area contributed by atoms with Gasteiger partial charge in [-0.05, 0) is 25.3 Å². The molecule has 1 saturated carbocycles. The van der Waals surface area contributed by atoms with Gasteiger partial charge in [0.05, 0.1) is 10.7 Å². The summed E-state index contributed by atoms with van der Waals surface area (Å²) >= 11 is 1.55. The first-order valence-corrected chi connectivity index (χ1v) is 7.35. The first-order valence-electron chi connectivity index (χ1n) is 6.53. The number of carbonyl (C=O) groups is 1. The van der Waals surface area contributed by atoms with Crippen molar-refractivity contribution in [3.8, 4) is 0 Å². The monoisotopic (exact) mass is 272 g/mol. The molecule has 0 spiro atoms. The summed E-state index contributed by atoms with van der Waals surface area (Å²) in [6, 6.07) is 9.95. The van der Waals surface area contributed by atoms with Crippen LogP contribution in [0.1, 0.15) is 44.7 Å². The second-order valence-electron chi connectivity index (χ2n) is 4.91. The fourth-order valence-electron chi connectivity index (χ4n) is 1.99. The second-order valence-corrected chi connectivity index (χ2v) is 5.94. The van der Waals surface area contributed by atoms with Gasteiger partial charge in [0.1, 0.15) is 4.88 Å². The summed E-state index contributed by atoms with van der Waals surface area (Å²) in [7, 11) is 0. The van der Waals surface area contributed by atoms with E-state index < -0.39 is 0 Å². The Labute approximate surface area is 116 Å². The third kappa shape index (κ3) is 2.84. The normalized spacial score (nSPS) is 14.4. The molecule has 98 valence electrons. The highest BCUT2D eigenvalue weighted by atomic mass is 32.1. The topological polar surface area (TPSA) is 42.0 Å². The molecular formula is C15H16N2OS. The zero-order valence-corrected chi connectivity index (χ0v) is 11.7. The standard InChI is InChI=1S/C15H16N2OS/c1-10-13(19-15(17-10)12-7-8-12)14(18)16-9-11-5-3-2-4-6-11/h2-6,12H,7-9H2,1H3,(H,16,18). The maximum absolute atomic E-state index is 12.2.